The normalized spacial score (nSPS) is 16.3. The van der Waals surface area contributed by atoms with Gasteiger partial charge in [0.25, 0.3) is 0 Å². The van der Waals surface area contributed by atoms with Crippen molar-refractivity contribution in [3.05, 3.63) is 431 Å². The highest BCUT2D eigenvalue weighted by Gasteiger charge is 2.54. The molecule has 2 nitrogen and oxygen atoms in total. The standard InChI is InChI=1S/C106H78N2/c1-103(2)91-36-18-12-30-81(91)86-60-50-74(64-96(86)103)71-46-54-76(55-47-71)107(100-41-23-17-29-80(100)73-27-10-7-11-28-73)77-56-48-72(49-57-77)75-51-61-88-83-32-14-20-38-93(83)105(5,98(88)65-75)67-68-43-59-89-84-33-15-21-39-94(84)106(99(89)63-68)95-40-22-16-34-85(95)90-35-24-42-101(102(90)106)108(78-52-44-70(45-53-78)69-25-8-6-9-26-69)79-58-62-87-82-31-13-19-37-92(82)104(3,4)97(87)66-79/h6-66H,67H2,1-5H3. The van der Waals surface area contributed by atoms with E-state index < -0.39 is 5.41 Å². The van der Waals surface area contributed by atoms with E-state index in [1.807, 2.05) is 0 Å². The van der Waals surface area contributed by atoms with Crippen LogP contribution in [-0.2, 0) is 28.1 Å². The van der Waals surface area contributed by atoms with Crippen molar-refractivity contribution in [2.24, 2.45) is 0 Å². The Balaban J connectivity index is 0.670. The second-order valence-corrected chi connectivity index (χ2v) is 31.6. The van der Waals surface area contributed by atoms with E-state index in [2.05, 4.69) is 414 Å². The van der Waals surface area contributed by atoms with E-state index in [0.29, 0.717) is 0 Å². The molecule has 0 aromatic heterocycles. The van der Waals surface area contributed by atoms with Crippen molar-refractivity contribution in [2.75, 3.05) is 9.80 Å². The molecule has 0 saturated carbocycles. The van der Waals surface area contributed by atoms with Crippen LogP contribution in [0.25, 0.3) is 100 Å². The molecular weight excluding hydrogens is 1300 g/mol. The maximum atomic E-state index is 2.63. The van der Waals surface area contributed by atoms with Gasteiger partial charge in [0.05, 0.1) is 16.8 Å². The molecule has 5 aliphatic carbocycles. The number of nitrogens with zero attached hydrogens (tertiary/aromatic N) is 2. The van der Waals surface area contributed by atoms with Crippen LogP contribution >= 0.6 is 0 Å². The maximum Gasteiger partial charge on any atom is 0.0746 e. The average Bonchev–Trinajstić information content (AvgIpc) is 1.50. The fourth-order valence-electron chi connectivity index (χ4n) is 20.0. The van der Waals surface area contributed by atoms with Gasteiger partial charge < -0.3 is 9.80 Å². The minimum absolute atomic E-state index is 0.0810. The first-order chi connectivity index (χ1) is 52.9. The van der Waals surface area contributed by atoms with Crippen LogP contribution in [0.15, 0.2) is 370 Å². The third-order valence-electron chi connectivity index (χ3n) is 25.2. The Kier molecular flexibility index (Phi) is 14.2. The first kappa shape index (κ1) is 63.6. The Bertz CT molecular complexity index is 6320. The van der Waals surface area contributed by atoms with Gasteiger partial charge >= 0.3 is 0 Å². The molecule has 0 aliphatic heterocycles. The summed E-state index contributed by atoms with van der Waals surface area (Å²) < 4.78 is 0. The van der Waals surface area contributed by atoms with Gasteiger partial charge in [-0.3, -0.25) is 0 Å². The van der Waals surface area contributed by atoms with Gasteiger partial charge in [0.1, 0.15) is 0 Å². The van der Waals surface area contributed by atoms with Crippen molar-refractivity contribution in [3.63, 3.8) is 0 Å². The molecule has 2 unspecified atom stereocenters. The van der Waals surface area contributed by atoms with Crippen LogP contribution in [0.1, 0.15) is 95.8 Å². The molecule has 16 aromatic carbocycles. The molecule has 16 aromatic rings. The second kappa shape index (κ2) is 24.1. The Morgan fingerprint density at radius 1 is 0.204 bits per heavy atom. The van der Waals surface area contributed by atoms with Gasteiger partial charge in [0.2, 0.25) is 0 Å². The first-order valence-electron chi connectivity index (χ1n) is 38.2. The Morgan fingerprint density at radius 2 is 0.546 bits per heavy atom. The molecular formula is C106H78N2. The van der Waals surface area contributed by atoms with Crippen molar-refractivity contribution in [1.82, 2.24) is 0 Å². The van der Waals surface area contributed by atoms with E-state index in [4.69, 9.17) is 0 Å². The van der Waals surface area contributed by atoms with Crippen LogP contribution in [0.3, 0.4) is 0 Å². The zero-order valence-corrected chi connectivity index (χ0v) is 61.3. The summed E-state index contributed by atoms with van der Waals surface area (Å²) in [6, 6.07) is 140. The molecule has 0 radical (unpaired) electrons. The third-order valence-corrected chi connectivity index (χ3v) is 25.2. The topological polar surface area (TPSA) is 6.48 Å². The van der Waals surface area contributed by atoms with Gasteiger partial charge in [-0.05, 0) is 229 Å². The van der Waals surface area contributed by atoms with Gasteiger partial charge in [0, 0.05) is 50.1 Å². The number of anilines is 6. The number of fused-ring (bicyclic) bond motifs is 19. The molecule has 512 valence electrons. The number of rotatable bonds is 12. The first-order valence-corrected chi connectivity index (χ1v) is 38.2. The van der Waals surface area contributed by atoms with Crippen LogP contribution < -0.4 is 9.80 Å². The van der Waals surface area contributed by atoms with E-state index in [-0.39, 0.29) is 16.2 Å². The van der Waals surface area contributed by atoms with Crippen LogP contribution in [0.5, 0.6) is 0 Å². The van der Waals surface area contributed by atoms with Crippen molar-refractivity contribution in [3.8, 4) is 100 Å². The zero-order valence-electron chi connectivity index (χ0n) is 61.3. The molecule has 5 aliphatic rings. The Labute approximate surface area is 633 Å². The summed E-state index contributed by atoms with van der Waals surface area (Å²) in [6.07, 6.45) is 0.801. The van der Waals surface area contributed by atoms with Crippen molar-refractivity contribution < 1.29 is 0 Å². The summed E-state index contributed by atoms with van der Waals surface area (Å²) in [5, 5.41) is 0. The molecule has 21 rings (SSSR count). The fraction of sp³-hybridized carbons (Fsp3) is 0.0943. The maximum absolute atomic E-state index is 2.63. The lowest BCUT2D eigenvalue weighted by atomic mass is 9.69. The van der Waals surface area contributed by atoms with E-state index in [1.165, 1.54) is 167 Å². The van der Waals surface area contributed by atoms with Gasteiger partial charge in [-0.25, -0.2) is 0 Å². The van der Waals surface area contributed by atoms with Crippen LogP contribution in [0.2, 0.25) is 0 Å². The molecule has 0 bridgehead atoms. The lowest BCUT2D eigenvalue weighted by Crippen LogP contribution is -2.29. The summed E-state index contributed by atoms with van der Waals surface area (Å²) in [5.41, 5.74) is 42.8. The number of para-hydroxylation sites is 1. The highest BCUT2D eigenvalue weighted by atomic mass is 15.2. The second-order valence-electron chi connectivity index (χ2n) is 31.6. The quantitative estimate of drug-likeness (QED) is 0.120. The van der Waals surface area contributed by atoms with Crippen molar-refractivity contribution in [1.29, 1.82) is 0 Å². The van der Waals surface area contributed by atoms with Gasteiger partial charge in [-0.15, -0.1) is 0 Å². The molecule has 0 amide bonds. The Hall–Kier alpha value is -12.9. The molecule has 0 N–H and O–H groups in total. The molecule has 108 heavy (non-hydrogen) atoms. The Morgan fingerprint density at radius 3 is 1.11 bits per heavy atom. The van der Waals surface area contributed by atoms with E-state index in [1.54, 1.807) is 0 Å². The van der Waals surface area contributed by atoms with Crippen molar-refractivity contribution in [2.45, 2.75) is 62.7 Å². The van der Waals surface area contributed by atoms with Crippen LogP contribution in [0, 0.1) is 0 Å². The zero-order chi connectivity index (χ0) is 72.2. The smallest absolute Gasteiger partial charge is 0.0746 e. The summed E-state index contributed by atoms with van der Waals surface area (Å²) in [4.78, 5) is 5.02. The molecule has 1 spiro atoms. The average molecular weight is 1380 g/mol. The van der Waals surface area contributed by atoms with Gasteiger partial charge in [-0.1, -0.05) is 332 Å². The predicted octanol–water partition coefficient (Wildman–Crippen LogP) is 27.8. The van der Waals surface area contributed by atoms with Gasteiger partial charge in [-0.2, -0.15) is 0 Å². The molecule has 2 atom stereocenters. The minimum atomic E-state index is -0.665. The number of hydrogen-bond acceptors (Lipinski definition) is 2. The third kappa shape index (κ3) is 9.39. The fourth-order valence-corrected chi connectivity index (χ4v) is 20.0. The lowest BCUT2D eigenvalue weighted by molar-refractivity contribution is 0.582. The minimum Gasteiger partial charge on any atom is -0.310 e. The number of hydrogen-bond donors (Lipinski definition) is 0. The van der Waals surface area contributed by atoms with E-state index >= 15 is 0 Å². The van der Waals surface area contributed by atoms with Crippen LogP contribution in [-0.4, -0.2) is 0 Å². The molecule has 2 heteroatoms. The monoisotopic (exact) mass is 1380 g/mol. The summed E-state index contributed by atoms with van der Waals surface area (Å²) in [7, 11) is 0. The van der Waals surface area contributed by atoms with E-state index in [0.717, 1.165) is 34.9 Å². The SMILES string of the molecule is CC1(C)c2ccccc2-c2ccc(-c3ccc(N(c4ccc(-c5ccc6c(c5)C(C)(Cc5ccc7c(c5)C5(c8ccccc8-7)c7ccccc7-c7cccc(N(c8ccc(-c9ccccc9)cc8)c8ccc9c(c8)C(C)(C)c8ccccc8-9)c75)c5ccccc5-6)cc4)c4ccccc4-c4ccccc4)cc3)cc21. The lowest BCUT2D eigenvalue weighted by Gasteiger charge is -2.36. The molecule has 0 saturated heterocycles. The summed E-state index contributed by atoms with van der Waals surface area (Å²) in [6.45, 7) is 12.0. The summed E-state index contributed by atoms with van der Waals surface area (Å²) >= 11 is 0. The molecule has 0 heterocycles. The van der Waals surface area contributed by atoms with Crippen LogP contribution in [0.4, 0.5) is 34.1 Å². The highest BCUT2D eigenvalue weighted by Crippen LogP contribution is 2.66. The largest absolute Gasteiger partial charge is 0.310 e. The summed E-state index contributed by atoms with van der Waals surface area (Å²) in [5.74, 6) is 0. The number of benzene rings is 16. The predicted molar refractivity (Wildman–Crippen MR) is 451 cm³/mol. The molecule has 0 fully saturated rings. The van der Waals surface area contributed by atoms with Crippen molar-refractivity contribution >= 4 is 34.1 Å². The van der Waals surface area contributed by atoms with E-state index in [9.17, 15) is 0 Å². The van der Waals surface area contributed by atoms with Gasteiger partial charge in [0.15, 0.2) is 0 Å². The highest BCUT2D eigenvalue weighted by molar-refractivity contribution is 6.01.